The summed E-state index contributed by atoms with van der Waals surface area (Å²) in [5.74, 6) is 2.26. The van der Waals surface area contributed by atoms with E-state index in [9.17, 15) is 0 Å². The molecule has 3 atom stereocenters. The van der Waals surface area contributed by atoms with Crippen LogP contribution in [0.25, 0.3) is 0 Å². The van der Waals surface area contributed by atoms with E-state index < -0.39 is 0 Å². The summed E-state index contributed by atoms with van der Waals surface area (Å²) in [6.07, 6.45) is 0. The predicted molar refractivity (Wildman–Crippen MR) is 46.1 cm³/mol. The van der Waals surface area contributed by atoms with Gasteiger partial charge in [-0.2, -0.15) is 0 Å². The molecule has 0 aliphatic carbocycles. The van der Waals surface area contributed by atoms with Crippen molar-refractivity contribution in [3.05, 3.63) is 11.9 Å². The van der Waals surface area contributed by atoms with Crippen molar-refractivity contribution in [1.29, 1.82) is 0 Å². The van der Waals surface area contributed by atoms with E-state index in [-0.39, 0.29) is 0 Å². The molecule has 0 amide bonds. The second-order valence-electron chi connectivity index (χ2n) is 1.10. The van der Waals surface area contributed by atoms with Gasteiger partial charge in [-0.25, -0.2) is 0 Å². The Balaban J connectivity index is 2.76. The van der Waals surface area contributed by atoms with Crippen LogP contribution >= 0.6 is 32.9 Å². The smallest absolute Gasteiger partial charge is 0.00776 e. The molecule has 0 spiro atoms. The van der Waals surface area contributed by atoms with E-state index in [1.807, 2.05) is 0 Å². The fraction of sp³-hybridized carbons (Fsp3) is 0. The molecule has 1 rings (SSSR count). The highest BCUT2D eigenvalue weighted by molar-refractivity contribution is 8.12. The molecule has 0 aliphatic heterocycles. The number of hydrogen-bond donors (Lipinski definition) is 0. The minimum absolute atomic E-state index is 0.953. The third-order valence-electron chi connectivity index (χ3n) is 0.649. The van der Waals surface area contributed by atoms with Crippen molar-refractivity contribution >= 4 is 38.0 Å². The average Bonchev–Trinajstić information content (AvgIpc) is 2.14. The Morgan fingerprint density at radius 2 is 2.71 bits per heavy atom. The maximum Gasteiger partial charge on any atom is 0.00776 e. The highest BCUT2D eigenvalue weighted by atomic mass is 32.0. The van der Waals surface area contributed by atoms with Gasteiger partial charge in [-0.3, -0.25) is 0 Å². The Morgan fingerprint density at radius 1 is 1.86 bits per heavy atom. The van der Waals surface area contributed by atoms with Crippen LogP contribution in [0.3, 0.4) is 0 Å². The van der Waals surface area contributed by atoms with Crippen molar-refractivity contribution in [3.63, 3.8) is 0 Å². The first kappa shape index (κ1) is 6.19. The van der Waals surface area contributed by atoms with Crippen LogP contribution in [0.4, 0.5) is 0 Å². The van der Waals surface area contributed by atoms with Gasteiger partial charge in [0, 0.05) is 5.04 Å². The van der Waals surface area contributed by atoms with Crippen LogP contribution in [0, 0.1) is 0 Å². The first-order chi connectivity index (χ1) is 3.43. The fourth-order valence-electron chi connectivity index (χ4n) is 0.341. The summed E-state index contributed by atoms with van der Waals surface area (Å²) < 4.78 is 0. The molecule has 3 unspecified atom stereocenters. The normalized spacial score (nSPS) is 13.3. The molecule has 0 fully saturated rings. The SMILES string of the molecule is PPc1cc[pH]p1. The van der Waals surface area contributed by atoms with Crippen molar-refractivity contribution in [2.24, 2.45) is 0 Å². The maximum absolute atomic E-state index is 2.76. The van der Waals surface area contributed by atoms with E-state index >= 15 is 0 Å². The number of hydrogen-bond acceptors (Lipinski definition) is 0. The standard InChI is InChI=1S/C3H6P4/c4-6-3-1-2-5-7-3/h1-2,5-6H,4H2. The van der Waals surface area contributed by atoms with Gasteiger partial charge in [-0.15, -0.1) is 16.8 Å². The molecule has 0 aromatic carbocycles. The monoisotopic (exact) mass is 166 g/mol. The van der Waals surface area contributed by atoms with Crippen LogP contribution in [0.5, 0.6) is 0 Å². The minimum atomic E-state index is 0.953. The number of rotatable bonds is 1. The Morgan fingerprint density at radius 3 is 3.00 bits per heavy atom. The second kappa shape index (κ2) is 3.17. The molecule has 1 aromatic heterocycles. The molecule has 0 N–H and O–H groups in total. The lowest BCUT2D eigenvalue weighted by molar-refractivity contribution is 2.23. The van der Waals surface area contributed by atoms with Crippen LogP contribution in [0.1, 0.15) is 0 Å². The fourth-order valence-corrected chi connectivity index (χ4v) is 5.97. The second-order valence-corrected chi connectivity index (χ2v) is 5.96. The summed E-state index contributed by atoms with van der Waals surface area (Å²) in [5, 5.41) is 1.59. The van der Waals surface area contributed by atoms with Gasteiger partial charge in [-0.05, 0) is 19.7 Å². The molecule has 1 aromatic rings. The predicted octanol–water partition coefficient (Wildman–Crippen LogP) is 2.39. The quantitative estimate of drug-likeness (QED) is 0.561. The lowest BCUT2D eigenvalue weighted by atomic mass is 10.8. The molecule has 4 heteroatoms. The Kier molecular flexibility index (Phi) is 2.80. The van der Waals surface area contributed by atoms with Gasteiger partial charge < -0.3 is 0 Å². The third-order valence-corrected chi connectivity index (χ3v) is 6.56. The topological polar surface area (TPSA) is 0 Å². The van der Waals surface area contributed by atoms with Gasteiger partial charge >= 0.3 is 0 Å². The van der Waals surface area contributed by atoms with Gasteiger partial charge in [-0.1, -0.05) is 8.27 Å². The molecule has 1 heterocycles. The lowest BCUT2D eigenvalue weighted by Gasteiger charge is -1.79. The highest BCUT2D eigenvalue weighted by Gasteiger charge is 1.82. The summed E-state index contributed by atoms with van der Waals surface area (Å²) in [6, 6.07) is 2.24. The zero-order valence-corrected chi connectivity index (χ0v) is 7.73. The summed E-state index contributed by atoms with van der Waals surface area (Å²) in [6.45, 7) is 0. The Hall–Kier alpha value is 1.07. The van der Waals surface area contributed by atoms with Crippen molar-refractivity contribution < 1.29 is 0 Å². The van der Waals surface area contributed by atoms with Crippen LogP contribution in [-0.2, 0) is 0 Å². The first-order valence-electron chi connectivity index (χ1n) is 1.90. The van der Waals surface area contributed by atoms with E-state index in [2.05, 4.69) is 20.8 Å². The van der Waals surface area contributed by atoms with E-state index in [4.69, 9.17) is 0 Å². The first-order valence-corrected chi connectivity index (χ1v) is 7.52. The van der Waals surface area contributed by atoms with Crippen LogP contribution in [-0.4, -0.2) is 0 Å². The van der Waals surface area contributed by atoms with Gasteiger partial charge in [0.25, 0.3) is 0 Å². The Labute approximate surface area is 50.4 Å². The molecule has 0 nitrogen and oxygen atoms in total. The van der Waals surface area contributed by atoms with Crippen LogP contribution < -0.4 is 5.04 Å². The largest absolute Gasteiger partial charge is 0.110 e. The minimum Gasteiger partial charge on any atom is -0.110 e. The van der Waals surface area contributed by atoms with Crippen molar-refractivity contribution in [2.45, 2.75) is 0 Å². The molecule has 0 aliphatic rings. The van der Waals surface area contributed by atoms with E-state index in [1.165, 1.54) is 0 Å². The van der Waals surface area contributed by atoms with Crippen LogP contribution in [0.2, 0.25) is 0 Å². The van der Waals surface area contributed by atoms with Crippen molar-refractivity contribution in [2.75, 3.05) is 0 Å². The highest BCUT2D eigenvalue weighted by Crippen LogP contribution is 2.29. The van der Waals surface area contributed by atoms with Crippen LogP contribution in [0.15, 0.2) is 11.9 Å². The van der Waals surface area contributed by atoms with E-state index in [0.29, 0.717) is 0 Å². The van der Waals surface area contributed by atoms with Gasteiger partial charge in [0.1, 0.15) is 0 Å². The molecule has 0 bridgehead atoms. The van der Waals surface area contributed by atoms with Gasteiger partial charge in [0.05, 0.1) is 0 Å². The molecule has 0 saturated heterocycles. The summed E-state index contributed by atoms with van der Waals surface area (Å²) in [4.78, 5) is 0. The molecule has 0 saturated carbocycles. The van der Waals surface area contributed by atoms with E-state index in [1.54, 1.807) is 12.9 Å². The van der Waals surface area contributed by atoms with E-state index in [0.717, 1.165) is 16.1 Å². The summed E-state index contributed by atoms with van der Waals surface area (Å²) >= 11 is 0. The van der Waals surface area contributed by atoms with Crippen molar-refractivity contribution in [3.8, 4) is 0 Å². The van der Waals surface area contributed by atoms with Gasteiger partial charge in [0.2, 0.25) is 0 Å². The zero-order chi connectivity index (χ0) is 5.11. The molecular formula is C3H6P4. The maximum atomic E-state index is 2.76. The van der Waals surface area contributed by atoms with Crippen molar-refractivity contribution in [1.82, 2.24) is 0 Å². The molecule has 0 radical (unpaired) electrons. The molecular weight excluding hydrogens is 160 g/mol. The Bertz CT molecular complexity index is 121. The zero-order valence-electron chi connectivity index (χ0n) is 3.68. The summed E-state index contributed by atoms with van der Waals surface area (Å²) in [5.41, 5.74) is 0. The van der Waals surface area contributed by atoms with Gasteiger partial charge in [0.15, 0.2) is 0 Å². The summed E-state index contributed by atoms with van der Waals surface area (Å²) in [7, 11) is 6.30. The third kappa shape index (κ3) is 1.79. The average molecular weight is 166 g/mol. The molecule has 38 valence electrons. The molecule has 7 heavy (non-hydrogen) atoms. The lowest BCUT2D eigenvalue weighted by Crippen LogP contribution is -1.71.